The van der Waals surface area contributed by atoms with Crippen molar-refractivity contribution >= 4 is 5.95 Å². The molecular weight excluding hydrogens is 337 g/mol. The van der Waals surface area contributed by atoms with Crippen LogP contribution in [0.2, 0.25) is 0 Å². The quantitative estimate of drug-likeness (QED) is 0.820. The Labute approximate surface area is 144 Å². The molecule has 0 aliphatic carbocycles. The van der Waals surface area contributed by atoms with E-state index < -0.39 is 11.9 Å². The monoisotopic (exact) mass is 360 g/mol. The van der Waals surface area contributed by atoms with Crippen LogP contribution in [0.5, 0.6) is 0 Å². The second-order valence-corrected chi connectivity index (χ2v) is 6.59. The van der Waals surface area contributed by atoms with Crippen molar-refractivity contribution in [1.82, 2.24) is 14.9 Å². The molecule has 0 saturated carbocycles. The molecule has 3 rings (SSSR count). The summed E-state index contributed by atoms with van der Waals surface area (Å²) in [7, 11) is 0. The topological polar surface area (TPSA) is 50.7 Å². The summed E-state index contributed by atoms with van der Waals surface area (Å²) in [5.41, 5.74) is -0.469. The van der Waals surface area contributed by atoms with Gasteiger partial charge in [-0.25, -0.2) is 9.97 Å². The number of anilines is 1. The number of piperazine rings is 1. The van der Waals surface area contributed by atoms with Crippen molar-refractivity contribution in [2.75, 3.05) is 50.8 Å². The smallest absolute Gasteiger partial charge is 0.349 e. The Morgan fingerprint density at radius 2 is 1.76 bits per heavy atom. The number of rotatable bonds is 4. The summed E-state index contributed by atoms with van der Waals surface area (Å²) in [6, 6.07) is 1.04. The molecule has 2 saturated heterocycles. The Kier molecular flexibility index (Phi) is 5.45. The van der Waals surface area contributed by atoms with Gasteiger partial charge in [0.1, 0.15) is 5.69 Å². The van der Waals surface area contributed by atoms with Crippen LogP contribution in [-0.2, 0) is 15.7 Å². The first-order valence-corrected chi connectivity index (χ1v) is 8.49. The molecule has 6 nitrogen and oxygen atoms in total. The van der Waals surface area contributed by atoms with Crippen LogP contribution in [0.4, 0.5) is 19.1 Å². The summed E-state index contributed by atoms with van der Waals surface area (Å²) < 4.78 is 50.2. The average Bonchev–Trinajstić information content (AvgIpc) is 3.07. The van der Waals surface area contributed by atoms with E-state index in [0.29, 0.717) is 51.6 Å². The van der Waals surface area contributed by atoms with Crippen molar-refractivity contribution in [3.63, 3.8) is 0 Å². The van der Waals surface area contributed by atoms with E-state index >= 15 is 0 Å². The zero-order chi connectivity index (χ0) is 18.0. The van der Waals surface area contributed by atoms with Crippen LogP contribution < -0.4 is 4.90 Å². The normalized spacial score (nSPS) is 20.6. The maximum Gasteiger partial charge on any atom is 0.433 e. The molecule has 0 radical (unpaired) electrons. The van der Waals surface area contributed by atoms with E-state index in [1.165, 1.54) is 0 Å². The van der Waals surface area contributed by atoms with Gasteiger partial charge in [0.15, 0.2) is 6.29 Å². The lowest BCUT2D eigenvalue weighted by atomic mass is 10.1. The lowest BCUT2D eigenvalue weighted by Crippen LogP contribution is -2.49. The van der Waals surface area contributed by atoms with E-state index in [4.69, 9.17) is 9.47 Å². The Hall–Kier alpha value is -1.45. The van der Waals surface area contributed by atoms with E-state index in [0.717, 1.165) is 6.07 Å². The standard InChI is InChI=1S/C16H23F3N4O2/c1-11(2)12-9-13(16(17,18)19)21-15(20-12)23-5-3-22(4-6-23)10-14-24-7-8-25-14/h9,11,14H,3-8,10H2,1-2H3. The van der Waals surface area contributed by atoms with Crippen LogP contribution in [0.1, 0.15) is 31.2 Å². The largest absolute Gasteiger partial charge is 0.433 e. The van der Waals surface area contributed by atoms with E-state index in [-0.39, 0.29) is 18.2 Å². The molecule has 0 unspecified atom stereocenters. The fourth-order valence-electron chi connectivity index (χ4n) is 2.89. The van der Waals surface area contributed by atoms with E-state index in [1.54, 1.807) is 0 Å². The molecule has 1 aromatic heterocycles. The maximum absolute atomic E-state index is 13.1. The molecule has 25 heavy (non-hydrogen) atoms. The van der Waals surface area contributed by atoms with Gasteiger partial charge >= 0.3 is 6.18 Å². The van der Waals surface area contributed by atoms with Gasteiger partial charge in [-0.2, -0.15) is 13.2 Å². The second-order valence-electron chi connectivity index (χ2n) is 6.59. The third-order valence-corrected chi connectivity index (χ3v) is 4.37. The molecule has 2 fully saturated rings. The third-order valence-electron chi connectivity index (χ3n) is 4.37. The van der Waals surface area contributed by atoms with Crippen LogP contribution in [0, 0.1) is 0 Å². The summed E-state index contributed by atoms with van der Waals surface area (Å²) in [4.78, 5) is 12.1. The van der Waals surface area contributed by atoms with Gasteiger partial charge < -0.3 is 14.4 Å². The van der Waals surface area contributed by atoms with Gasteiger partial charge in [0, 0.05) is 38.4 Å². The minimum absolute atomic E-state index is 0.0965. The van der Waals surface area contributed by atoms with Gasteiger partial charge in [0.2, 0.25) is 5.95 Å². The number of alkyl halides is 3. The Morgan fingerprint density at radius 3 is 2.32 bits per heavy atom. The average molecular weight is 360 g/mol. The fraction of sp³-hybridized carbons (Fsp3) is 0.750. The van der Waals surface area contributed by atoms with Crippen LogP contribution in [-0.4, -0.2) is 67.1 Å². The Balaban J connectivity index is 1.68. The highest BCUT2D eigenvalue weighted by molar-refractivity contribution is 5.35. The zero-order valence-corrected chi connectivity index (χ0v) is 14.4. The predicted molar refractivity (Wildman–Crippen MR) is 85.5 cm³/mol. The third kappa shape index (κ3) is 4.59. The molecule has 2 aliphatic rings. The Morgan fingerprint density at radius 1 is 1.12 bits per heavy atom. The molecule has 0 amide bonds. The van der Waals surface area contributed by atoms with Gasteiger partial charge in [-0.3, -0.25) is 4.90 Å². The Bertz CT molecular complexity index is 583. The highest BCUT2D eigenvalue weighted by Crippen LogP contribution is 2.30. The van der Waals surface area contributed by atoms with Gasteiger partial charge in [-0.15, -0.1) is 0 Å². The first-order chi connectivity index (χ1) is 11.8. The van der Waals surface area contributed by atoms with Crippen molar-refractivity contribution in [2.45, 2.75) is 32.2 Å². The molecule has 9 heteroatoms. The number of hydrogen-bond acceptors (Lipinski definition) is 6. The van der Waals surface area contributed by atoms with Crippen molar-refractivity contribution in [1.29, 1.82) is 0 Å². The predicted octanol–water partition coefficient (Wildman–Crippen LogP) is 2.11. The lowest BCUT2D eigenvalue weighted by molar-refractivity contribution is -0.141. The second kappa shape index (κ2) is 7.43. The molecule has 0 aromatic carbocycles. The van der Waals surface area contributed by atoms with E-state index in [2.05, 4.69) is 14.9 Å². The molecule has 0 N–H and O–H groups in total. The first-order valence-electron chi connectivity index (χ1n) is 8.49. The van der Waals surface area contributed by atoms with E-state index in [9.17, 15) is 13.2 Å². The molecule has 140 valence electrons. The summed E-state index contributed by atoms with van der Waals surface area (Å²) in [6.07, 6.45) is -4.68. The highest BCUT2D eigenvalue weighted by Gasteiger charge is 2.35. The first kappa shape index (κ1) is 18.3. The minimum atomic E-state index is -4.47. The number of ether oxygens (including phenoxy) is 2. The summed E-state index contributed by atoms with van der Waals surface area (Å²) in [5.74, 6) is 0.0624. The molecule has 1 aromatic rings. The molecule has 0 bridgehead atoms. The lowest BCUT2D eigenvalue weighted by Gasteiger charge is -2.35. The van der Waals surface area contributed by atoms with Gasteiger partial charge in [-0.1, -0.05) is 13.8 Å². The molecule has 2 aliphatic heterocycles. The SMILES string of the molecule is CC(C)c1cc(C(F)(F)F)nc(N2CCN(CC3OCCO3)CC2)n1. The highest BCUT2D eigenvalue weighted by atomic mass is 19.4. The van der Waals surface area contributed by atoms with Crippen molar-refractivity contribution in [2.24, 2.45) is 0 Å². The number of nitrogens with zero attached hydrogens (tertiary/aromatic N) is 4. The van der Waals surface area contributed by atoms with Gasteiger partial charge in [-0.05, 0) is 12.0 Å². The van der Waals surface area contributed by atoms with Crippen molar-refractivity contribution in [3.05, 3.63) is 17.5 Å². The van der Waals surface area contributed by atoms with E-state index in [1.807, 2.05) is 18.7 Å². The number of aromatic nitrogens is 2. The summed E-state index contributed by atoms with van der Waals surface area (Å²) in [6.45, 7) is 8.12. The van der Waals surface area contributed by atoms with Crippen LogP contribution in [0.25, 0.3) is 0 Å². The molecular formula is C16H23F3N4O2. The van der Waals surface area contributed by atoms with Crippen LogP contribution in [0.15, 0.2) is 6.07 Å². The number of hydrogen-bond donors (Lipinski definition) is 0. The maximum atomic E-state index is 13.1. The zero-order valence-electron chi connectivity index (χ0n) is 14.4. The van der Waals surface area contributed by atoms with Crippen molar-refractivity contribution < 1.29 is 22.6 Å². The van der Waals surface area contributed by atoms with Crippen molar-refractivity contribution in [3.8, 4) is 0 Å². The van der Waals surface area contributed by atoms with Gasteiger partial charge in [0.05, 0.1) is 13.2 Å². The summed E-state index contributed by atoms with van der Waals surface area (Å²) >= 11 is 0. The van der Waals surface area contributed by atoms with Gasteiger partial charge in [0.25, 0.3) is 0 Å². The molecule has 0 atom stereocenters. The molecule has 0 spiro atoms. The number of halogens is 3. The minimum Gasteiger partial charge on any atom is -0.349 e. The summed E-state index contributed by atoms with van der Waals surface area (Å²) in [5, 5.41) is 0. The fourth-order valence-corrected chi connectivity index (χ4v) is 2.89. The van der Waals surface area contributed by atoms with Crippen LogP contribution >= 0.6 is 0 Å². The molecule has 3 heterocycles. The van der Waals surface area contributed by atoms with Crippen LogP contribution in [0.3, 0.4) is 0 Å².